The molecule has 0 amide bonds. The van der Waals surface area contributed by atoms with Crippen LogP contribution < -0.4 is 5.32 Å². The summed E-state index contributed by atoms with van der Waals surface area (Å²) in [5.41, 5.74) is 1.12. The van der Waals surface area contributed by atoms with Crippen molar-refractivity contribution in [3.63, 3.8) is 0 Å². The van der Waals surface area contributed by atoms with Crippen molar-refractivity contribution in [2.24, 2.45) is 5.41 Å². The second-order valence-corrected chi connectivity index (χ2v) is 5.03. The minimum Gasteiger partial charge on any atom is -0.394 e. The van der Waals surface area contributed by atoms with Gasteiger partial charge in [0.15, 0.2) is 0 Å². The lowest BCUT2D eigenvalue weighted by atomic mass is 9.98. The van der Waals surface area contributed by atoms with E-state index < -0.39 is 0 Å². The largest absolute Gasteiger partial charge is 0.394 e. The van der Waals surface area contributed by atoms with E-state index in [1.165, 1.54) is 0 Å². The monoisotopic (exact) mass is 230 g/mol. The third kappa shape index (κ3) is 2.66. The maximum atomic E-state index is 9.44. The molecule has 0 unspecified atom stereocenters. The van der Waals surface area contributed by atoms with Crippen LogP contribution in [0.4, 0.5) is 0 Å². The molecule has 2 atom stereocenters. The van der Waals surface area contributed by atoms with E-state index in [0.29, 0.717) is 0 Å². The first kappa shape index (κ1) is 12.1. The number of aliphatic hydroxyl groups is 1. The molecule has 0 heterocycles. The van der Waals surface area contributed by atoms with Crippen LogP contribution in [0.1, 0.15) is 31.4 Å². The van der Waals surface area contributed by atoms with Gasteiger partial charge in [-0.1, -0.05) is 37.3 Å². The highest BCUT2D eigenvalue weighted by atomic mass is 16.3. The van der Waals surface area contributed by atoms with E-state index in [4.69, 9.17) is 0 Å². The van der Waals surface area contributed by atoms with Gasteiger partial charge in [0.25, 0.3) is 0 Å². The summed E-state index contributed by atoms with van der Waals surface area (Å²) in [6.45, 7) is 2.13. The Hall–Kier alpha value is -1.37. The van der Waals surface area contributed by atoms with Gasteiger partial charge in [-0.2, -0.15) is 5.26 Å². The molecule has 1 aliphatic carbocycles. The van der Waals surface area contributed by atoms with E-state index in [0.717, 1.165) is 18.4 Å². The lowest BCUT2D eigenvalue weighted by Gasteiger charge is -2.24. The molecule has 0 spiro atoms. The molecule has 1 fully saturated rings. The summed E-state index contributed by atoms with van der Waals surface area (Å²) in [6.07, 6.45) is 2.18. The van der Waals surface area contributed by atoms with Crippen molar-refractivity contribution in [3.8, 4) is 6.07 Å². The van der Waals surface area contributed by atoms with E-state index >= 15 is 0 Å². The summed E-state index contributed by atoms with van der Waals surface area (Å²) in [5, 5.41) is 21.9. The zero-order valence-electron chi connectivity index (χ0n) is 10.1. The Balaban J connectivity index is 2.08. The van der Waals surface area contributed by atoms with Gasteiger partial charge in [-0.3, -0.25) is 5.32 Å². The van der Waals surface area contributed by atoms with E-state index in [1.807, 2.05) is 30.3 Å². The Labute approximate surface area is 102 Å². The quantitative estimate of drug-likeness (QED) is 0.813. The molecule has 2 rings (SSSR count). The zero-order chi connectivity index (χ0) is 12.3. The van der Waals surface area contributed by atoms with Crippen molar-refractivity contribution in [2.45, 2.75) is 31.8 Å². The van der Waals surface area contributed by atoms with Gasteiger partial charge in [0.05, 0.1) is 18.7 Å². The fraction of sp³-hybridized carbons (Fsp3) is 0.500. The molecule has 17 heavy (non-hydrogen) atoms. The maximum absolute atomic E-state index is 9.44. The molecular weight excluding hydrogens is 212 g/mol. The fourth-order valence-corrected chi connectivity index (χ4v) is 2.02. The number of rotatable bonds is 5. The molecule has 0 saturated heterocycles. The molecule has 0 aromatic heterocycles. The predicted octanol–water partition coefficient (Wildman–Crippen LogP) is 2.00. The summed E-state index contributed by atoms with van der Waals surface area (Å²) in [7, 11) is 0. The first-order valence-electron chi connectivity index (χ1n) is 6.01. The van der Waals surface area contributed by atoms with Crippen molar-refractivity contribution in [3.05, 3.63) is 35.9 Å². The van der Waals surface area contributed by atoms with Crippen molar-refractivity contribution < 1.29 is 5.11 Å². The lowest BCUT2D eigenvalue weighted by Crippen LogP contribution is -2.39. The molecular formula is C14H18N2O. The fourth-order valence-electron chi connectivity index (χ4n) is 2.02. The van der Waals surface area contributed by atoms with Gasteiger partial charge in [-0.05, 0) is 23.8 Å². The average molecular weight is 230 g/mol. The Morgan fingerprint density at radius 1 is 1.41 bits per heavy atom. The van der Waals surface area contributed by atoms with Crippen LogP contribution in [-0.4, -0.2) is 17.8 Å². The van der Waals surface area contributed by atoms with Crippen LogP contribution in [0.15, 0.2) is 30.3 Å². The Bertz CT molecular complexity index is 406. The number of hydrogen-bond acceptors (Lipinski definition) is 3. The van der Waals surface area contributed by atoms with Crippen LogP contribution in [-0.2, 0) is 0 Å². The topological polar surface area (TPSA) is 56.0 Å². The summed E-state index contributed by atoms with van der Waals surface area (Å²) in [5.74, 6) is 0. The van der Waals surface area contributed by atoms with E-state index in [-0.39, 0.29) is 24.1 Å². The summed E-state index contributed by atoms with van der Waals surface area (Å²) < 4.78 is 0. The zero-order valence-corrected chi connectivity index (χ0v) is 10.1. The minimum absolute atomic E-state index is 0.0122. The van der Waals surface area contributed by atoms with Gasteiger partial charge in [0.1, 0.15) is 6.04 Å². The highest BCUT2D eigenvalue weighted by molar-refractivity contribution is 5.21. The Kier molecular flexibility index (Phi) is 3.46. The molecule has 0 radical (unpaired) electrons. The second-order valence-electron chi connectivity index (χ2n) is 5.03. The highest BCUT2D eigenvalue weighted by Gasteiger charge is 2.45. The summed E-state index contributed by atoms with van der Waals surface area (Å²) in [4.78, 5) is 0. The summed E-state index contributed by atoms with van der Waals surface area (Å²) >= 11 is 0. The average Bonchev–Trinajstić information content (AvgIpc) is 3.11. The van der Waals surface area contributed by atoms with E-state index in [2.05, 4.69) is 18.3 Å². The number of hydrogen-bond donors (Lipinski definition) is 2. The number of nitriles is 1. The molecule has 1 aliphatic rings. The molecule has 0 aliphatic heterocycles. The first-order valence-corrected chi connectivity index (χ1v) is 6.01. The lowest BCUT2D eigenvalue weighted by molar-refractivity contribution is 0.227. The number of benzene rings is 1. The van der Waals surface area contributed by atoms with Gasteiger partial charge in [-0.15, -0.1) is 0 Å². The number of aliphatic hydroxyl groups excluding tert-OH is 1. The van der Waals surface area contributed by atoms with Crippen molar-refractivity contribution in [2.75, 3.05) is 6.61 Å². The van der Waals surface area contributed by atoms with Crippen LogP contribution in [0.25, 0.3) is 0 Å². The molecule has 3 heteroatoms. The normalized spacial score (nSPS) is 20.3. The van der Waals surface area contributed by atoms with Gasteiger partial charge in [0, 0.05) is 0 Å². The second kappa shape index (κ2) is 4.87. The molecule has 0 bridgehead atoms. The minimum atomic E-state index is -0.181. The smallest absolute Gasteiger partial charge is 0.101 e. The van der Waals surface area contributed by atoms with Gasteiger partial charge in [0.2, 0.25) is 0 Å². The number of nitrogens with zero attached hydrogens (tertiary/aromatic N) is 1. The number of nitrogens with one attached hydrogen (secondary N) is 1. The highest BCUT2D eigenvalue weighted by Crippen LogP contribution is 2.48. The third-order valence-corrected chi connectivity index (χ3v) is 3.62. The van der Waals surface area contributed by atoms with Crippen molar-refractivity contribution in [1.29, 1.82) is 5.26 Å². The predicted molar refractivity (Wildman–Crippen MR) is 66.1 cm³/mol. The molecule has 2 N–H and O–H groups in total. The molecule has 1 saturated carbocycles. The van der Waals surface area contributed by atoms with Crippen LogP contribution in [0.3, 0.4) is 0 Å². The molecule has 1 aromatic rings. The Morgan fingerprint density at radius 3 is 2.53 bits per heavy atom. The van der Waals surface area contributed by atoms with E-state index in [9.17, 15) is 10.4 Å². The van der Waals surface area contributed by atoms with Gasteiger partial charge in [-0.25, -0.2) is 0 Å². The van der Waals surface area contributed by atoms with Crippen LogP contribution >= 0.6 is 0 Å². The molecule has 90 valence electrons. The SMILES string of the molecule is CC1([C@@H](C#N)N[C@@H](CO)c2ccccc2)CC1. The van der Waals surface area contributed by atoms with Crippen molar-refractivity contribution in [1.82, 2.24) is 5.32 Å². The van der Waals surface area contributed by atoms with Crippen LogP contribution in [0, 0.1) is 16.7 Å². The Morgan fingerprint density at radius 2 is 2.06 bits per heavy atom. The van der Waals surface area contributed by atoms with Gasteiger partial charge < -0.3 is 5.11 Å². The van der Waals surface area contributed by atoms with Crippen LogP contribution in [0.2, 0.25) is 0 Å². The standard InChI is InChI=1S/C14H18N2O/c1-14(7-8-14)13(9-15)16-12(10-17)11-5-3-2-4-6-11/h2-6,12-13,16-17H,7-8,10H2,1H3/t12-,13+/m0/s1. The molecule has 1 aromatic carbocycles. The van der Waals surface area contributed by atoms with Crippen LogP contribution in [0.5, 0.6) is 0 Å². The molecule has 3 nitrogen and oxygen atoms in total. The summed E-state index contributed by atoms with van der Waals surface area (Å²) in [6, 6.07) is 11.8. The van der Waals surface area contributed by atoms with Gasteiger partial charge >= 0.3 is 0 Å². The van der Waals surface area contributed by atoms with E-state index in [1.54, 1.807) is 0 Å². The first-order chi connectivity index (χ1) is 8.19. The van der Waals surface area contributed by atoms with Crippen molar-refractivity contribution >= 4 is 0 Å². The third-order valence-electron chi connectivity index (χ3n) is 3.62. The maximum Gasteiger partial charge on any atom is 0.101 e.